The first-order valence-corrected chi connectivity index (χ1v) is 7.45. The second-order valence-corrected chi connectivity index (χ2v) is 6.58. The molecule has 19 heavy (non-hydrogen) atoms. The number of likely N-dealkylation sites (tertiary alicyclic amines) is 1. The second-order valence-electron chi connectivity index (χ2n) is 6.58. The molecule has 2 aliphatic rings. The van der Waals surface area contributed by atoms with Crippen LogP contribution in [-0.4, -0.2) is 24.4 Å². The molecule has 1 heterocycles. The third-order valence-electron chi connectivity index (χ3n) is 5.16. The maximum absolute atomic E-state index is 10.7. The van der Waals surface area contributed by atoms with Crippen LogP contribution in [0.5, 0.6) is 0 Å². The van der Waals surface area contributed by atoms with Crippen LogP contribution >= 0.6 is 0 Å². The number of benzene rings is 1. The van der Waals surface area contributed by atoms with Gasteiger partial charge in [0.05, 0.1) is 0 Å². The molecule has 1 amide bonds. The molecule has 2 fully saturated rings. The van der Waals surface area contributed by atoms with Crippen molar-refractivity contribution in [3.63, 3.8) is 0 Å². The van der Waals surface area contributed by atoms with Crippen molar-refractivity contribution in [3.8, 4) is 0 Å². The summed E-state index contributed by atoms with van der Waals surface area (Å²) in [5.74, 6) is 0.844. The van der Waals surface area contributed by atoms with Gasteiger partial charge in [-0.2, -0.15) is 0 Å². The van der Waals surface area contributed by atoms with Gasteiger partial charge in [0, 0.05) is 18.5 Å². The molecule has 0 bridgehead atoms. The van der Waals surface area contributed by atoms with Crippen molar-refractivity contribution >= 4 is 6.41 Å². The summed E-state index contributed by atoms with van der Waals surface area (Å²) in [6, 6.07) is 8.77. The molecule has 3 rings (SSSR count). The maximum Gasteiger partial charge on any atom is 0.209 e. The SMILES string of the molecule is Cc1ccccc1CC1CCC2(CC1)CN(C=O)C2. The highest BCUT2D eigenvalue weighted by molar-refractivity contribution is 5.49. The second kappa shape index (κ2) is 4.99. The van der Waals surface area contributed by atoms with Gasteiger partial charge in [0.25, 0.3) is 0 Å². The molecule has 1 saturated carbocycles. The monoisotopic (exact) mass is 257 g/mol. The molecule has 1 aliphatic heterocycles. The van der Waals surface area contributed by atoms with Crippen LogP contribution in [0.15, 0.2) is 24.3 Å². The molecule has 1 aromatic rings. The van der Waals surface area contributed by atoms with Crippen molar-refractivity contribution in [2.24, 2.45) is 11.3 Å². The van der Waals surface area contributed by atoms with Gasteiger partial charge in [0.2, 0.25) is 6.41 Å². The average molecular weight is 257 g/mol. The first kappa shape index (κ1) is 12.7. The lowest BCUT2D eigenvalue weighted by atomic mass is 9.65. The van der Waals surface area contributed by atoms with E-state index in [1.807, 2.05) is 4.90 Å². The van der Waals surface area contributed by atoms with Crippen LogP contribution in [0.2, 0.25) is 0 Å². The Kier molecular flexibility index (Phi) is 3.34. The first-order valence-electron chi connectivity index (χ1n) is 7.45. The summed E-state index contributed by atoms with van der Waals surface area (Å²) in [6.45, 7) is 4.23. The first-order chi connectivity index (χ1) is 9.21. The Labute approximate surface area is 115 Å². The fourth-order valence-electron chi connectivity index (χ4n) is 3.85. The van der Waals surface area contributed by atoms with E-state index in [2.05, 4.69) is 31.2 Å². The van der Waals surface area contributed by atoms with Crippen molar-refractivity contribution in [3.05, 3.63) is 35.4 Å². The van der Waals surface area contributed by atoms with Gasteiger partial charge >= 0.3 is 0 Å². The zero-order valence-corrected chi connectivity index (χ0v) is 11.8. The Balaban J connectivity index is 1.54. The molecule has 0 unspecified atom stereocenters. The van der Waals surface area contributed by atoms with Crippen molar-refractivity contribution in [2.75, 3.05) is 13.1 Å². The van der Waals surface area contributed by atoms with Gasteiger partial charge in [-0.3, -0.25) is 4.79 Å². The topological polar surface area (TPSA) is 20.3 Å². The van der Waals surface area contributed by atoms with Gasteiger partial charge in [-0.25, -0.2) is 0 Å². The largest absolute Gasteiger partial charge is 0.344 e. The lowest BCUT2D eigenvalue weighted by molar-refractivity contribution is -0.132. The normalized spacial score (nSPS) is 22.3. The molecule has 0 atom stereocenters. The molecule has 1 aliphatic carbocycles. The fraction of sp³-hybridized carbons (Fsp3) is 0.588. The van der Waals surface area contributed by atoms with E-state index in [4.69, 9.17) is 0 Å². The van der Waals surface area contributed by atoms with Crippen molar-refractivity contribution in [1.29, 1.82) is 0 Å². The molecular weight excluding hydrogens is 234 g/mol. The van der Waals surface area contributed by atoms with Crippen LogP contribution in [-0.2, 0) is 11.2 Å². The predicted molar refractivity (Wildman–Crippen MR) is 76.9 cm³/mol. The molecule has 0 radical (unpaired) electrons. The Morgan fingerprint density at radius 1 is 1.26 bits per heavy atom. The summed E-state index contributed by atoms with van der Waals surface area (Å²) in [5, 5.41) is 0. The molecule has 2 nitrogen and oxygen atoms in total. The van der Waals surface area contributed by atoms with Gasteiger partial charge in [0.1, 0.15) is 0 Å². The summed E-state index contributed by atoms with van der Waals surface area (Å²) >= 11 is 0. The fourth-order valence-corrected chi connectivity index (χ4v) is 3.85. The van der Waals surface area contributed by atoms with E-state index >= 15 is 0 Å². The number of hydrogen-bond acceptors (Lipinski definition) is 1. The Morgan fingerprint density at radius 2 is 1.95 bits per heavy atom. The molecule has 0 N–H and O–H groups in total. The zero-order chi connectivity index (χ0) is 13.3. The number of aryl methyl sites for hydroxylation is 1. The average Bonchev–Trinajstić information content (AvgIpc) is 2.40. The van der Waals surface area contributed by atoms with E-state index in [0.717, 1.165) is 25.4 Å². The van der Waals surface area contributed by atoms with Crippen LogP contribution in [0.1, 0.15) is 36.8 Å². The van der Waals surface area contributed by atoms with Gasteiger partial charge in [-0.05, 0) is 56.1 Å². The van der Waals surface area contributed by atoms with E-state index in [9.17, 15) is 4.79 Å². The molecule has 2 heteroatoms. The van der Waals surface area contributed by atoms with E-state index in [0.29, 0.717) is 5.41 Å². The summed E-state index contributed by atoms with van der Waals surface area (Å²) in [6.07, 6.45) is 7.54. The summed E-state index contributed by atoms with van der Waals surface area (Å²) in [5.41, 5.74) is 3.44. The number of carbonyl (C=O) groups is 1. The molecule has 0 aromatic heterocycles. The van der Waals surface area contributed by atoms with Gasteiger partial charge in [-0.1, -0.05) is 24.3 Å². The van der Waals surface area contributed by atoms with Crippen molar-refractivity contribution in [1.82, 2.24) is 4.90 Å². The Bertz CT molecular complexity index is 452. The molecule has 1 saturated heterocycles. The molecule has 1 spiro atoms. The minimum absolute atomic E-state index is 0.489. The number of amides is 1. The molecule has 1 aromatic carbocycles. The zero-order valence-electron chi connectivity index (χ0n) is 11.8. The Hall–Kier alpha value is -1.31. The number of rotatable bonds is 3. The van der Waals surface area contributed by atoms with Gasteiger partial charge in [0.15, 0.2) is 0 Å². The predicted octanol–water partition coefficient (Wildman–Crippen LogP) is 3.19. The molecule has 102 valence electrons. The van der Waals surface area contributed by atoms with E-state index in [-0.39, 0.29) is 0 Å². The third-order valence-corrected chi connectivity index (χ3v) is 5.16. The van der Waals surface area contributed by atoms with Crippen LogP contribution in [0.3, 0.4) is 0 Å². The highest BCUT2D eigenvalue weighted by Crippen LogP contribution is 2.45. The number of hydrogen-bond donors (Lipinski definition) is 0. The number of nitrogens with zero attached hydrogens (tertiary/aromatic N) is 1. The van der Waals surface area contributed by atoms with Gasteiger partial charge < -0.3 is 4.90 Å². The summed E-state index contributed by atoms with van der Waals surface area (Å²) in [4.78, 5) is 12.6. The van der Waals surface area contributed by atoms with Crippen LogP contribution in [0, 0.1) is 18.3 Å². The minimum atomic E-state index is 0.489. The third kappa shape index (κ3) is 2.54. The summed E-state index contributed by atoms with van der Waals surface area (Å²) in [7, 11) is 0. The van der Waals surface area contributed by atoms with E-state index in [1.165, 1.54) is 43.2 Å². The maximum atomic E-state index is 10.7. The minimum Gasteiger partial charge on any atom is -0.344 e. The Morgan fingerprint density at radius 3 is 2.58 bits per heavy atom. The number of carbonyl (C=O) groups excluding carboxylic acids is 1. The lowest BCUT2D eigenvalue weighted by Gasteiger charge is -2.52. The standard InChI is InChI=1S/C17H23NO/c1-14-4-2-3-5-16(14)10-15-6-8-17(9-7-15)11-18(12-17)13-19/h2-5,13,15H,6-12H2,1H3. The van der Waals surface area contributed by atoms with Crippen LogP contribution in [0.4, 0.5) is 0 Å². The smallest absolute Gasteiger partial charge is 0.209 e. The lowest BCUT2D eigenvalue weighted by Crippen LogP contribution is -2.56. The van der Waals surface area contributed by atoms with Crippen molar-refractivity contribution in [2.45, 2.75) is 39.0 Å². The summed E-state index contributed by atoms with van der Waals surface area (Å²) < 4.78 is 0. The van der Waals surface area contributed by atoms with Crippen LogP contribution < -0.4 is 0 Å². The quantitative estimate of drug-likeness (QED) is 0.762. The van der Waals surface area contributed by atoms with E-state index < -0.39 is 0 Å². The van der Waals surface area contributed by atoms with Gasteiger partial charge in [-0.15, -0.1) is 0 Å². The van der Waals surface area contributed by atoms with E-state index in [1.54, 1.807) is 0 Å². The highest BCUT2D eigenvalue weighted by Gasteiger charge is 2.44. The van der Waals surface area contributed by atoms with Crippen molar-refractivity contribution < 1.29 is 4.79 Å². The highest BCUT2D eigenvalue weighted by atomic mass is 16.1. The molecular formula is C17H23NO. The van der Waals surface area contributed by atoms with Crippen LogP contribution in [0.25, 0.3) is 0 Å².